The Morgan fingerprint density at radius 2 is 2.06 bits per heavy atom. The maximum atomic E-state index is 8.67. The van der Waals surface area contributed by atoms with Crippen LogP contribution >= 0.6 is 0 Å². The van der Waals surface area contributed by atoms with E-state index in [9.17, 15) is 0 Å². The van der Waals surface area contributed by atoms with Crippen molar-refractivity contribution in [2.45, 2.75) is 13.1 Å². The smallest absolute Gasteiger partial charge is 0.0991 e. The number of nitrogens with two attached hydrogens (primary N) is 1. The van der Waals surface area contributed by atoms with Gasteiger partial charge in [0.15, 0.2) is 0 Å². The summed E-state index contributed by atoms with van der Waals surface area (Å²) in [5, 5.41) is 8.67. The lowest BCUT2D eigenvalue weighted by atomic mass is 10.1. The van der Waals surface area contributed by atoms with E-state index >= 15 is 0 Å². The Balaban J connectivity index is 2.11. The number of nitrogens with zero attached hydrogens (tertiary/aromatic N) is 3. The lowest BCUT2D eigenvalue weighted by Crippen LogP contribution is -1.98. The minimum Gasteiger partial charge on any atom is -0.333 e. The van der Waals surface area contributed by atoms with E-state index in [1.54, 1.807) is 6.33 Å². The van der Waals surface area contributed by atoms with Crippen LogP contribution in [0.15, 0.2) is 36.8 Å². The van der Waals surface area contributed by atoms with E-state index in [1.165, 1.54) is 0 Å². The molecule has 16 heavy (non-hydrogen) atoms. The van der Waals surface area contributed by atoms with Crippen LogP contribution in [0.4, 0.5) is 0 Å². The molecular weight excluding hydrogens is 200 g/mol. The van der Waals surface area contributed by atoms with Crippen molar-refractivity contribution in [1.29, 1.82) is 5.26 Å². The van der Waals surface area contributed by atoms with Crippen molar-refractivity contribution in [3.05, 3.63) is 53.6 Å². The lowest BCUT2D eigenvalue weighted by Gasteiger charge is -2.01. The Labute approximate surface area is 94.0 Å². The zero-order valence-electron chi connectivity index (χ0n) is 8.80. The van der Waals surface area contributed by atoms with E-state index in [0.29, 0.717) is 12.1 Å². The highest BCUT2D eigenvalue weighted by molar-refractivity contribution is 5.31. The summed E-state index contributed by atoms with van der Waals surface area (Å²) in [6.45, 7) is 1.21. The number of hydrogen-bond donors (Lipinski definition) is 1. The lowest BCUT2D eigenvalue weighted by molar-refractivity contribution is 0.796. The third-order valence-corrected chi connectivity index (χ3v) is 2.34. The Bertz CT molecular complexity index is 505. The molecule has 0 aliphatic rings. The van der Waals surface area contributed by atoms with E-state index in [2.05, 4.69) is 11.1 Å². The minimum atomic E-state index is 0.459. The molecule has 2 aromatic rings. The van der Waals surface area contributed by atoms with Crippen molar-refractivity contribution in [1.82, 2.24) is 9.55 Å². The van der Waals surface area contributed by atoms with Crippen LogP contribution in [0.3, 0.4) is 0 Å². The van der Waals surface area contributed by atoms with Gasteiger partial charge in [0.25, 0.3) is 0 Å². The van der Waals surface area contributed by atoms with Crippen LogP contribution in [0.1, 0.15) is 16.8 Å². The Morgan fingerprint density at radius 3 is 2.62 bits per heavy atom. The van der Waals surface area contributed by atoms with Gasteiger partial charge >= 0.3 is 0 Å². The van der Waals surface area contributed by atoms with Gasteiger partial charge in [0, 0.05) is 19.3 Å². The van der Waals surface area contributed by atoms with Crippen molar-refractivity contribution in [3.8, 4) is 6.07 Å². The van der Waals surface area contributed by atoms with E-state index in [4.69, 9.17) is 11.0 Å². The number of rotatable bonds is 3. The molecule has 80 valence electrons. The summed E-state index contributed by atoms with van der Waals surface area (Å²) in [6, 6.07) is 9.62. The molecule has 0 spiro atoms. The van der Waals surface area contributed by atoms with E-state index in [1.807, 2.05) is 35.0 Å². The van der Waals surface area contributed by atoms with Crippen molar-refractivity contribution < 1.29 is 0 Å². The number of imidazole rings is 1. The van der Waals surface area contributed by atoms with Gasteiger partial charge in [-0.3, -0.25) is 0 Å². The third-order valence-electron chi connectivity index (χ3n) is 2.34. The van der Waals surface area contributed by atoms with E-state index < -0.39 is 0 Å². The second kappa shape index (κ2) is 4.60. The van der Waals surface area contributed by atoms with Crippen molar-refractivity contribution in [3.63, 3.8) is 0 Å². The highest BCUT2D eigenvalue weighted by atomic mass is 15.0. The summed E-state index contributed by atoms with van der Waals surface area (Å²) in [5.41, 5.74) is 8.18. The predicted octanol–water partition coefficient (Wildman–Crippen LogP) is 1.26. The molecule has 1 aromatic heterocycles. The number of aromatic nitrogens is 2. The maximum absolute atomic E-state index is 8.67. The first-order valence-electron chi connectivity index (χ1n) is 5.01. The molecule has 0 aliphatic heterocycles. The van der Waals surface area contributed by atoms with Gasteiger partial charge < -0.3 is 10.3 Å². The zero-order chi connectivity index (χ0) is 11.4. The van der Waals surface area contributed by atoms with Crippen LogP contribution in [0.25, 0.3) is 0 Å². The van der Waals surface area contributed by atoms with Crippen LogP contribution in [0.5, 0.6) is 0 Å². The van der Waals surface area contributed by atoms with Gasteiger partial charge in [-0.15, -0.1) is 0 Å². The first-order valence-corrected chi connectivity index (χ1v) is 5.01. The number of benzene rings is 1. The molecule has 2 N–H and O–H groups in total. The molecule has 0 saturated heterocycles. The summed E-state index contributed by atoms with van der Waals surface area (Å²) in [6.07, 6.45) is 3.69. The highest BCUT2D eigenvalue weighted by Gasteiger charge is 1.98. The van der Waals surface area contributed by atoms with E-state index in [0.717, 1.165) is 17.8 Å². The summed E-state index contributed by atoms with van der Waals surface area (Å²) in [4.78, 5) is 4.15. The van der Waals surface area contributed by atoms with Gasteiger partial charge in [-0.25, -0.2) is 4.98 Å². The monoisotopic (exact) mass is 212 g/mol. The van der Waals surface area contributed by atoms with Crippen LogP contribution in [0.2, 0.25) is 0 Å². The zero-order valence-corrected chi connectivity index (χ0v) is 8.80. The van der Waals surface area contributed by atoms with Crippen molar-refractivity contribution in [2.24, 2.45) is 5.73 Å². The summed E-state index contributed by atoms with van der Waals surface area (Å²) in [5.74, 6) is 0. The molecule has 0 bridgehead atoms. The predicted molar refractivity (Wildman–Crippen MR) is 60.4 cm³/mol. The summed E-state index contributed by atoms with van der Waals surface area (Å²) < 4.78 is 1.98. The van der Waals surface area contributed by atoms with Gasteiger partial charge in [0.1, 0.15) is 0 Å². The minimum absolute atomic E-state index is 0.459. The molecule has 1 heterocycles. The SMILES string of the molecule is N#Cc1ccc(Cn2cnc(CN)c2)cc1. The van der Waals surface area contributed by atoms with Crippen LogP contribution in [-0.4, -0.2) is 9.55 Å². The Hall–Kier alpha value is -2.12. The molecule has 1 aromatic carbocycles. The molecule has 2 rings (SSSR count). The largest absolute Gasteiger partial charge is 0.333 e. The fourth-order valence-electron chi connectivity index (χ4n) is 1.49. The van der Waals surface area contributed by atoms with Crippen LogP contribution < -0.4 is 5.73 Å². The molecule has 0 unspecified atom stereocenters. The Kier molecular flexibility index (Phi) is 2.99. The second-order valence-electron chi connectivity index (χ2n) is 3.55. The van der Waals surface area contributed by atoms with Crippen molar-refractivity contribution in [2.75, 3.05) is 0 Å². The van der Waals surface area contributed by atoms with Gasteiger partial charge in [-0.1, -0.05) is 12.1 Å². The fraction of sp³-hybridized carbons (Fsp3) is 0.167. The first-order chi connectivity index (χ1) is 7.81. The van der Waals surface area contributed by atoms with Gasteiger partial charge in [-0.2, -0.15) is 5.26 Å². The average Bonchev–Trinajstić information content (AvgIpc) is 2.78. The van der Waals surface area contributed by atoms with Crippen molar-refractivity contribution >= 4 is 0 Å². The number of hydrogen-bond acceptors (Lipinski definition) is 3. The Morgan fingerprint density at radius 1 is 1.31 bits per heavy atom. The summed E-state index contributed by atoms with van der Waals surface area (Å²) >= 11 is 0. The quantitative estimate of drug-likeness (QED) is 0.832. The normalized spacial score (nSPS) is 10.0. The third kappa shape index (κ3) is 2.27. The van der Waals surface area contributed by atoms with Gasteiger partial charge in [-0.05, 0) is 17.7 Å². The molecular formula is C12H12N4. The van der Waals surface area contributed by atoms with Gasteiger partial charge in [0.05, 0.1) is 23.7 Å². The molecule has 4 nitrogen and oxygen atoms in total. The van der Waals surface area contributed by atoms with E-state index in [-0.39, 0.29) is 0 Å². The molecule has 0 amide bonds. The second-order valence-corrected chi connectivity index (χ2v) is 3.55. The van der Waals surface area contributed by atoms with Crippen LogP contribution in [-0.2, 0) is 13.1 Å². The molecule has 4 heteroatoms. The maximum Gasteiger partial charge on any atom is 0.0991 e. The molecule has 0 fully saturated rings. The average molecular weight is 212 g/mol. The fourth-order valence-corrected chi connectivity index (χ4v) is 1.49. The van der Waals surface area contributed by atoms with Crippen LogP contribution in [0, 0.1) is 11.3 Å². The molecule has 0 aliphatic carbocycles. The molecule has 0 atom stereocenters. The number of nitriles is 1. The molecule has 0 saturated carbocycles. The standard InChI is InChI=1S/C12H12N4/c13-5-10-1-3-11(4-2-10)7-16-8-12(6-14)15-9-16/h1-4,8-9H,6-7,14H2. The molecule has 0 radical (unpaired) electrons. The summed E-state index contributed by atoms with van der Waals surface area (Å²) in [7, 11) is 0. The van der Waals surface area contributed by atoms with Gasteiger partial charge in [0.2, 0.25) is 0 Å². The topological polar surface area (TPSA) is 67.6 Å². The highest BCUT2D eigenvalue weighted by Crippen LogP contribution is 2.06. The first kappa shape index (κ1) is 10.4.